The molecule has 2 rings (SSSR count). The maximum absolute atomic E-state index is 6.27. The molecule has 3 unspecified atom stereocenters. The molecule has 18 heavy (non-hydrogen) atoms. The molecule has 3 nitrogen and oxygen atoms in total. The largest absolute Gasteiger partial charge is 0.327 e. The first-order chi connectivity index (χ1) is 8.70. The number of unbranched alkanes of at least 4 members (excludes halogenated alkanes) is 1. The van der Waals surface area contributed by atoms with Gasteiger partial charge in [0, 0.05) is 37.8 Å². The number of hydrogen-bond donors (Lipinski definition) is 1. The van der Waals surface area contributed by atoms with E-state index < -0.39 is 0 Å². The van der Waals surface area contributed by atoms with Crippen LogP contribution in [-0.2, 0) is 0 Å². The zero-order chi connectivity index (χ0) is 13.0. The molecule has 0 amide bonds. The molecule has 0 saturated carbocycles. The van der Waals surface area contributed by atoms with Crippen molar-refractivity contribution in [2.75, 3.05) is 26.2 Å². The molecule has 2 aliphatic heterocycles. The van der Waals surface area contributed by atoms with Gasteiger partial charge in [-0.15, -0.1) is 0 Å². The summed E-state index contributed by atoms with van der Waals surface area (Å²) >= 11 is 0. The Bertz CT molecular complexity index is 244. The molecule has 0 aromatic rings. The number of nitrogens with zero attached hydrogens (tertiary/aromatic N) is 2. The number of nitrogens with two attached hydrogens (primary N) is 1. The molecule has 2 fully saturated rings. The van der Waals surface area contributed by atoms with Gasteiger partial charge in [-0.05, 0) is 32.7 Å². The number of rotatable bonds is 5. The summed E-state index contributed by atoms with van der Waals surface area (Å²) in [4.78, 5) is 5.36. The van der Waals surface area contributed by atoms with Crippen LogP contribution >= 0.6 is 0 Å². The van der Waals surface area contributed by atoms with E-state index in [4.69, 9.17) is 5.73 Å². The maximum Gasteiger partial charge on any atom is 0.0223 e. The van der Waals surface area contributed by atoms with Crippen LogP contribution in [0.25, 0.3) is 0 Å². The van der Waals surface area contributed by atoms with Crippen molar-refractivity contribution >= 4 is 0 Å². The zero-order valence-electron chi connectivity index (χ0n) is 12.3. The Labute approximate surface area is 113 Å². The van der Waals surface area contributed by atoms with Gasteiger partial charge in [0.2, 0.25) is 0 Å². The first kappa shape index (κ1) is 14.3. The molecule has 0 aromatic carbocycles. The van der Waals surface area contributed by atoms with E-state index in [9.17, 15) is 0 Å². The van der Waals surface area contributed by atoms with Crippen molar-refractivity contribution in [1.29, 1.82) is 0 Å². The first-order valence-electron chi connectivity index (χ1n) is 7.94. The molecule has 2 aliphatic rings. The van der Waals surface area contributed by atoms with Crippen LogP contribution in [0.2, 0.25) is 0 Å². The molecule has 0 bridgehead atoms. The van der Waals surface area contributed by atoms with Gasteiger partial charge in [0.05, 0.1) is 0 Å². The topological polar surface area (TPSA) is 32.5 Å². The van der Waals surface area contributed by atoms with Gasteiger partial charge in [0.1, 0.15) is 0 Å². The summed E-state index contributed by atoms with van der Waals surface area (Å²) in [5, 5.41) is 0. The van der Waals surface area contributed by atoms with E-state index in [0.717, 1.165) is 12.6 Å². The average Bonchev–Trinajstić information content (AvgIpc) is 2.37. The molecule has 2 heterocycles. The van der Waals surface area contributed by atoms with Crippen LogP contribution in [0.15, 0.2) is 0 Å². The summed E-state index contributed by atoms with van der Waals surface area (Å²) in [6.45, 7) is 9.55. The second-order valence-electron chi connectivity index (χ2n) is 6.35. The van der Waals surface area contributed by atoms with Crippen LogP contribution in [0.5, 0.6) is 0 Å². The summed E-state index contributed by atoms with van der Waals surface area (Å²) in [5.74, 6) is 0. The fourth-order valence-corrected chi connectivity index (χ4v) is 3.53. The van der Waals surface area contributed by atoms with Gasteiger partial charge in [0.15, 0.2) is 0 Å². The average molecular weight is 253 g/mol. The predicted molar refractivity (Wildman–Crippen MR) is 77.7 cm³/mol. The fraction of sp³-hybridized carbons (Fsp3) is 1.00. The number of piperidine rings is 1. The van der Waals surface area contributed by atoms with Crippen molar-refractivity contribution in [3.05, 3.63) is 0 Å². The number of fused-ring (bicyclic) bond motifs is 1. The fourth-order valence-electron chi connectivity index (χ4n) is 3.53. The van der Waals surface area contributed by atoms with E-state index in [1.165, 1.54) is 58.2 Å². The number of hydrogen-bond acceptors (Lipinski definition) is 3. The molecule has 3 atom stereocenters. The Balaban J connectivity index is 1.81. The lowest BCUT2D eigenvalue weighted by Crippen LogP contribution is -2.60. The molecule has 0 aromatic heterocycles. The number of piperazine rings is 1. The molecule has 3 heteroatoms. The van der Waals surface area contributed by atoms with Crippen molar-refractivity contribution in [3.63, 3.8) is 0 Å². The Morgan fingerprint density at radius 3 is 2.89 bits per heavy atom. The first-order valence-corrected chi connectivity index (χ1v) is 7.94. The molecule has 0 radical (unpaired) electrons. The van der Waals surface area contributed by atoms with E-state index in [-0.39, 0.29) is 0 Å². The summed E-state index contributed by atoms with van der Waals surface area (Å²) in [6, 6.07) is 1.88. The summed E-state index contributed by atoms with van der Waals surface area (Å²) in [6.07, 6.45) is 7.95. The zero-order valence-corrected chi connectivity index (χ0v) is 12.3. The normalized spacial score (nSPS) is 32.2. The van der Waals surface area contributed by atoms with Gasteiger partial charge in [-0.1, -0.05) is 26.2 Å². The van der Waals surface area contributed by atoms with Gasteiger partial charge >= 0.3 is 0 Å². The second kappa shape index (κ2) is 6.88. The van der Waals surface area contributed by atoms with Gasteiger partial charge < -0.3 is 5.73 Å². The van der Waals surface area contributed by atoms with Crippen molar-refractivity contribution in [1.82, 2.24) is 9.80 Å². The third-order valence-corrected chi connectivity index (χ3v) is 4.71. The van der Waals surface area contributed by atoms with E-state index >= 15 is 0 Å². The van der Waals surface area contributed by atoms with E-state index in [0.29, 0.717) is 12.1 Å². The van der Waals surface area contributed by atoms with Crippen LogP contribution in [0.1, 0.15) is 52.4 Å². The SMILES string of the molecule is CCCCC(N)CN1CC2CCCCN2CC1C. The highest BCUT2D eigenvalue weighted by molar-refractivity contribution is 4.90. The van der Waals surface area contributed by atoms with Crippen LogP contribution in [0.3, 0.4) is 0 Å². The molecule has 2 saturated heterocycles. The van der Waals surface area contributed by atoms with Crippen LogP contribution in [-0.4, -0.2) is 54.1 Å². The highest BCUT2D eigenvalue weighted by atomic mass is 15.3. The van der Waals surface area contributed by atoms with Crippen LogP contribution in [0.4, 0.5) is 0 Å². The Hall–Kier alpha value is -0.120. The third-order valence-electron chi connectivity index (χ3n) is 4.71. The quantitative estimate of drug-likeness (QED) is 0.814. The Morgan fingerprint density at radius 2 is 2.11 bits per heavy atom. The van der Waals surface area contributed by atoms with Crippen molar-refractivity contribution in [2.45, 2.75) is 70.5 Å². The van der Waals surface area contributed by atoms with Crippen LogP contribution < -0.4 is 5.73 Å². The highest BCUT2D eigenvalue weighted by Crippen LogP contribution is 2.24. The smallest absolute Gasteiger partial charge is 0.0223 e. The minimum absolute atomic E-state index is 0.377. The predicted octanol–water partition coefficient (Wildman–Crippen LogP) is 2.06. The van der Waals surface area contributed by atoms with Gasteiger partial charge in [-0.25, -0.2) is 0 Å². The highest BCUT2D eigenvalue weighted by Gasteiger charge is 2.33. The summed E-state index contributed by atoms with van der Waals surface area (Å²) in [7, 11) is 0. The summed E-state index contributed by atoms with van der Waals surface area (Å²) in [5.41, 5.74) is 6.27. The summed E-state index contributed by atoms with van der Waals surface area (Å²) < 4.78 is 0. The minimum atomic E-state index is 0.377. The molecule has 2 N–H and O–H groups in total. The monoisotopic (exact) mass is 253 g/mol. The second-order valence-corrected chi connectivity index (χ2v) is 6.35. The van der Waals surface area contributed by atoms with Gasteiger partial charge in [-0.2, -0.15) is 0 Å². The van der Waals surface area contributed by atoms with E-state index in [1.807, 2.05) is 0 Å². The molecular weight excluding hydrogens is 222 g/mol. The Morgan fingerprint density at radius 1 is 1.28 bits per heavy atom. The Kier molecular flexibility index (Phi) is 5.46. The van der Waals surface area contributed by atoms with E-state index in [1.54, 1.807) is 0 Å². The van der Waals surface area contributed by atoms with Crippen molar-refractivity contribution in [3.8, 4) is 0 Å². The van der Waals surface area contributed by atoms with Crippen molar-refractivity contribution in [2.24, 2.45) is 5.73 Å². The standard InChI is InChI=1S/C15H31N3/c1-3-4-7-14(16)11-18-12-15-8-5-6-9-17(15)10-13(18)2/h13-15H,3-12,16H2,1-2H3. The lowest BCUT2D eigenvalue weighted by atomic mass is 9.96. The van der Waals surface area contributed by atoms with E-state index in [2.05, 4.69) is 23.6 Å². The molecule has 0 aliphatic carbocycles. The van der Waals surface area contributed by atoms with Gasteiger partial charge in [-0.3, -0.25) is 9.80 Å². The molecular formula is C15H31N3. The third kappa shape index (κ3) is 3.69. The van der Waals surface area contributed by atoms with Crippen LogP contribution in [0, 0.1) is 0 Å². The lowest BCUT2D eigenvalue weighted by Gasteiger charge is -2.48. The van der Waals surface area contributed by atoms with Crippen molar-refractivity contribution < 1.29 is 0 Å². The molecule has 106 valence electrons. The molecule has 0 spiro atoms. The minimum Gasteiger partial charge on any atom is -0.327 e. The maximum atomic E-state index is 6.27. The van der Waals surface area contributed by atoms with Gasteiger partial charge in [0.25, 0.3) is 0 Å². The lowest BCUT2D eigenvalue weighted by molar-refractivity contribution is 0.0122.